The van der Waals surface area contributed by atoms with Crippen molar-refractivity contribution in [2.75, 3.05) is 4.90 Å². The molecule has 1 aliphatic rings. The van der Waals surface area contributed by atoms with Gasteiger partial charge in [0.05, 0.1) is 17.0 Å². The number of carbonyl (C=O) groups is 1. The molecule has 6 heteroatoms. The molecular weight excluding hydrogens is 356 g/mol. The average Bonchev–Trinajstić information content (AvgIpc) is 3.24. The Morgan fingerprint density at radius 2 is 1.75 bits per heavy atom. The number of carbonyl (C=O) groups excluding carboxylic acids is 1. The minimum atomic E-state index is -0.631. The molecule has 0 fully saturated rings. The van der Waals surface area contributed by atoms with Crippen LogP contribution in [0.1, 0.15) is 39.0 Å². The lowest BCUT2D eigenvalue weighted by molar-refractivity contribution is 0.0969. The number of aryl methyl sites for hydroxylation is 2. The van der Waals surface area contributed by atoms with Gasteiger partial charge in [-0.3, -0.25) is 14.5 Å². The molecule has 0 saturated carbocycles. The van der Waals surface area contributed by atoms with E-state index in [0.29, 0.717) is 28.1 Å². The fourth-order valence-electron chi connectivity index (χ4n) is 3.69. The van der Waals surface area contributed by atoms with E-state index in [9.17, 15) is 9.59 Å². The first-order chi connectivity index (χ1) is 13.5. The van der Waals surface area contributed by atoms with Crippen molar-refractivity contribution >= 4 is 22.7 Å². The SMILES string of the molecule is Cc1ccc(C2c3c(oc4ccccc4c3=O)C(=O)N2c2cc(C)on2)cc1. The van der Waals surface area contributed by atoms with Crippen molar-refractivity contribution in [1.29, 1.82) is 0 Å². The molecule has 4 aromatic rings. The topological polar surface area (TPSA) is 76.6 Å². The second-order valence-corrected chi connectivity index (χ2v) is 6.95. The maximum absolute atomic E-state index is 13.3. The maximum atomic E-state index is 13.3. The lowest BCUT2D eigenvalue weighted by Gasteiger charge is -2.22. The highest BCUT2D eigenvalue weighted by atomic mass is 16.5. The summed E-state index contributed by atoms with van der Waals surface area (Å²) in [5.41, 5.74) is 2.40. The monoisotopic (exact) mass is 372 g/mol. The lowest BCUT2D eigenvalue weighted by atomic mass is 9.98. The Balaban J connectivity index is 1.82. The first-order valence-electron chi connectivity index (χ1n) is 8.94. The Bertz CT molecular complexity index is 1280. The highest BCUT2D eigenvalue weighted by Crippen LogP contribution is 2.40. The van der Waals surface area contributed by atoms with Crippen LogP contribution in [0.15, 0.2) is 68.3 Å². The minimum Gasteiger partial charge on any atom is -0.450 e. The van der Waals surface area contributed by atoms with E-state index >= 15 is 0 Å². The summed E-state index contributed by atoms with van der Waals surface area (Å²) in [6.07, 6.45) is 0. The van der Waals surface area contributed by atoms with Gasteiger partial charge in [0.15, 0.2) is 11.2 Å². The molecule has 0 bridgehead atoms. The van der Waals surface area contributed by atoms with Crippen molar-refractivity contribution < 1.29 is 13.7 Å². The Morgan fingerprint density at radius 1 is 1.00 bits per heavy atom. The predicted molar refractivity (Wildman–Crippen MR) is 104 cm³/mol. The minimum absolute atomic E-state index is 0.0509. The molecule has 5 rings (SSSR count). The van der Waals surface area contributed by atoms with E-state index in [2.05, 4.69) is 5.16 Å². The molecule has 1 aliphatic heterocycles. The van der Waals surface area contributed by atoms with E-state index in [1.54, 1.807) is 37.3 Å². The zero-order chi connectivity index (χ0) is 19.4. The molecule has 1 amide bonds. The first-order valence-corrected chi connectivity index (χ1v) is 8.94. The highest BCUT2D eigenvalue weighted by Gasteiger charge is 2.44. The van der Waals surface area contributed by atoms with E-state index in [0.717, 1.165) is 11.1 Å². The van der Waals surface area contributed by atoms with Crippen molar-refractivity contribution in [3.63, 3.8) is 0 Å². The van der Waals surface area contributed by atoms with Crippen molar-refractivity contribution in [3.8, 4) is 0 Å². The summed E-state index contributed by atoms with van der Waals surface area (Å²) in [5.74, 6) is 0.570. The summed E-state index contributed by atoms with van der Waals surface area (Å²) >= 11 is 0. The maximum Gasteiger partial charge on any atom is 0.296 e. The molecule has 138 valence electrons. The smallest absolute Gasteiger partial charge is 0.296 e. The van der Waals surface area contributed by atoms with Gasteiger partial charge >= 0.3 is 0 Å². The van der Waals surface area contributed by atoms with Gasteiger partial charge in [0.1, 0.15) is 11.3 Å². The highest BCUT2D eigenvalue weighted by molar-refractivity contribution is 6.10. The summed E-state index contributed by atoms with van der Waals surface area (Å²) in [6, 6.07) is 15.7. The summed E-state index contributed by atoms with van der Waals surface area (Å²) in [6.45, 7) is 3.74. The van der Waals surface area contributed by atoms with Gasteiger partial charge in [0.25, 0.3) is 5.91 Å². The van der Waals surface area contributed by atoms with Crippen LogP contribution in [0.3, 0.4) is 0 Å². The van der Waals surface area contributed by atoms with Gasteiger partial charge in [0.2, 0.25) is 5.76 Å². The van der Waals surface area contributed by atoms with Crippen molar-refractivity contribution in [2.24, 2.45) is 0 Å². The fourth-order valence-corrected chi connectivity index (χ4v) is 3.69. The molecule has 2 aromatic carbocycles. The third-order valence-electron chi connectivity index (χ3n) is 5.03. The second kappa shape index (κ2) is 5.92. The Labute approximate surface area is 160 Å². The number of aromatic nitrogens is 1. The standard InChI is InChI=1S/C22H16N2O4/c1-12-7-9-14(10-8-12)19-18-20(25)15-5-3-4-6-16(15)27-21(18)22(26)24(19)17-11-13(2)28-23-17/h3-11,19H,1-2H3. The molecule has 1 atom stereocenters. The fraction of sp³-hybridized carbons (Fsp3) is 0.136. The van der Waals surface area contributed by atoms with E-state index in [4.69, 9.17) is 8.94 Å². The Hall–Kier alpha value is -3.67. The second-order valence-electron chi connectivity index (χ2n) is 6.95. The number of hydrogen-bond donors (Lipinski definition) is 0. The van der Waals surface area contributed by atoms with Crippen LogP contribution in [0, 0.1) is 13.8 Å². The van der Waals surface area contributed by atoms with Gasteiger partial charge in [-0.1, -0.05) is 47.1 Å². The molecule has 0 saturated heterocycles. The van der Waals surface area contributed by atoms with Crippen LogP contribution >= 0.6 is 0 Å². The summed E-state index contributed by atoms with van der Waals surface area (Å²) in [5, 5.41) is 4.46. The normalized spacial score (nSPS) is 16.0. The predicted octanol–water partition coefficient (Wildman–Crippen LogP) is 4.15. The van der Waals surface area contributed by atoms with Crippen LogP contribution in [-0.4, -0.2) is 11.1 Å². The van der Waals surface area contributed by atoms with E-state index in [-0.39, 0.29) is 11.2 Å². The Kier molecular flexibility index (Phi) is 3.49. The first kappa shape index (κ1) is 16.5. The van der Waals surface area contributed by atoms with Gasteiger partial charge < -0.3 is 8.94 Å². The third-order valence-corrected chi connectivity index (χ3v) is 5.03. The molecule has 6 nitrogen and oxygen atoms in total. The van der Waals surface area contributed by atoms with Gasteiger partial charge in [-0.25, -0.2) is 0 Å². The zero-order valence-corrected chi connectivity index (χ0v) is 15.3. The molecule has 0 N–H and O–H groups in total. The Morgan fingerprint density at radius 3 is 2.46 bits per heavy atom. The number of amides is 1. The molecule has 0 radical (unpaired) electrons. The van der Waals surface area contributed by atoms with Crippen LogP contribution in [0.4, 0.5) is 5.82 Å². The largest absolute Gasteiger partial charge is 0.450 e. The quantitative estimate of drug-likeness (QED) is 0.528. The van der Waals surface area contributed by atoms with Crippen LogP contribution in [0.25, 0.3) is 11.0 Å². The van der Waals surface area contributed by atoms with Crippen molar-refractivity contribution in [3.05, 3.63) is 93.0 Å². The molecule has 28 heavy (non-hydrogen) atoms. The van der Waals surface area contributed by atoms with Crippen molar-refractivity contribution in [2.45, 2.75) is 19.9 Å². The third kappa shape index (κ3) is 2.31. The summed E-state index contributed by atoms with van der Waals surface area (Å²) in [7, 11) is 0. The van der Waals surface area contributed by atoms with Gasteiger partial charge in [-0.2, -0.15) is 0 Å². The van der Waals surface area contributed by atoms with Gasteiger partial charge in [0, 0.05) is 6.07 Å². The van der Waals surface area contributed by atoms with Gasteiger partial charge in [-0.05, 0) is 31.5 Å². The van der Waals surface area contributed by atoms with Gasteiger partial charge in [-0.15, -0.1) is 0 Å². The molecular formula is C22H16N2O4. The number of nitrogens with zero attached hydrogens (tertiary/aromatic N) is 2. The van der Waals surface area contributed by atoms with E-state index < -0.39 is 11.9 Å². The molecule has 0 aliphatic carbocycles. The molecule has 1 unspecified atom stereocenters. The van der Waals surface area contributed by atoms with E-state index in [1.807, 2.05) is 31.2 Å². The average molecular weight is 372 g/mol. The van der Waals surface area contributed by atoms with Crippen molar-refractivity contribution in [1.82, 2.24) is 5.16 Å². The van der Waals surface area contributed by atoms with Crippen LogP contribution in [0.5, 0.6) is 0 Å². The number of benzene rings is 2. The number of rotatable bonds is 2. The molecule has 2 aromatic heterocycles. The summed E-state index contributed by atoms with van der Waals surface area (Å²) in [4.78, 5) is 28.0. The molecule has 3 heterocycles. The molecule has 0 spiro atoms. The number of anilines is 1. The number of hydrogen-bond acceptors (Lipinski definition) is 5. The summed E-state index contributed by atoms with van der Waals surface area (Å²) < 4.78 is 11.1. The van der Waals surface area contributed by atoms with Crippen LogP contribution < -0.4 is 10.3 Å². The van der Waals surface area contributed by atoms with Crippen LogP contribution in [0.2, 0.25) is 0 Å². The zero-order valence-electron chi connectivity index (χ0n) is 15.3. The number of para-hydroxylation sites is 1. The number of fused-ring (bicyclic) bond motifs is 2. The van der Waals surface area contributed by atoms with E-state index in [1.165, 1.54) is 4.90 Å². The van der Waals surface area contributed by atoms with Crippen LogP contribution in [-0.2, 0) is 0 Å². The lowest BCUT2D eigenvalue weighted by Crippen LogP contribution is -2.29.